The third kappa shape index (κ3) is 13.2. The zero-order chi connectivity index (χ0) is 33.4. The average molecular weight is 642 g/mol. The summed E-state index contributed by atoms with van der Waals surface area (Å²) in [6.45, 7) is 2.81. The van der Waals surface area contributed by atoms with Crippen LogP contribution in [0.3, 0.4) is 0 Å². The molecule has 1 aromatic carbocycles. The molecule has 0 fully saturated rings. The first-order valence-electron chi connectivity index (χ1n) is 14.0. The molecule has 6 atom stereocenters. The number of hydrogen-bond acceptors (Lipinski definition) is 10. The lowest BCUT2D eigenvalue weighted by molar-refractivity contribution is -0.143. The number of carboxylic acids is 2. The van der Waals surface area contributed by atoms with Crippen LogP contribution in [0.1, 0.15) is 45.1 Å². The van der Waals surface area contributed by atoms with E-state index in [0.29, 0.717) is 17.7 Å². The highest BCUT2D eigenvalue weighted by atomic mass is 32.2. The number of aliphatic carboxylic acids is 2. The van der Waals surface area contributed by atoms with E-state index in [2.05, 4.69) is 21.3 Å². The van der Waals surface area contributed by atoms with Crippen LogP contribution >= 0.6 is 11.8 Å². The number of amides is 4. The largest absolute Gasteiger partial charge is 0.508 e. The smallest absolute Gasteiger partial charge is 0.326 e. The summed E-state index contributed by atoms with van der Waals surface area (Å²) in [7, 11) is 0. The highest BCUT2D eigenvalue weighted by Gasteiger charge is 2.34. The zero-order valence-electron chi connectivity index (χ0n) is 24.9. The van der Waals surface area contributed by atoms with Crippen molar-refractivity contribution < 1.29 is 49.2 Å². The number of nitrogens with two attached hydrogens (primary N) is 1. The Kier molecular flexibility index (Phi) is 16.8. The number of carbonyl (C=O) groups excluding carboxylic acids is 4. The van der Waals surface area contributed by atoms with Crippen molar-refractivity contribution in [2.45, 2.75) is 76.2 Å². The number of nitrogens with one attached hydrogen (secondary N) is 4. The van der Waals surface area contributed by atoms with Gasteiger partial charge < -0.3 is 47.4 Å². The van der Waals surface area contributed by atoms with Gasteiger partial charge in [0.2, 0.25) is 23.6 Å². The number of benzene rings is 1. The van der Waals surface area contributed by atoms with Crippen LogP contribution in [0.4, 0.5) is 0 Å². The minimum atomic E-state index is -1.49. The number of carboxylic acid groups (broad SMARTS) is 2. The van der Waals surface area contributed by atoms with E-state index in [1.165, 1.54) is 23.9 Å². The van der Waals surface area contributed by atoms with E-state index in [1.807, 2.05) is 0 Å². The Morgan fingerprint density at radius 2 is 1.41 bits per heavy atom. The second kappa shape index (κ2) is 19.4. The van der Waals surface area contributed by atoms with E-state index in [4.69, 9.17) is 10.8 Å². The molecule has 44 heavy (non-hydrogen) atoms. The van der Waals surface area contributed by atoms with E-state index in [9.17, 15) is 44.1 Å². The van der Waals surface area contributed by atoms with Gasteiger partial charge in [0.25, 0.3) is 0 Å². The lowest BCUT2D eigenvalue weighted by Crippen LogP contribution is -2.60. The van der Waals surface area contributed by atoms with Crippen molar-refractivity contribution >= 4 is 47.3 Å². The van der Waals surface area contributed by atoms with Gasteiger partial charge in [-0.25, -0.2) is 4.79 Å². The lowest BCUT2D eigenvalue weighted by atomic mass is 9.96. The van der Waals surface area contributed by atoms with E-state index in [0.717, 1.165) is 0 Å². The van der Waals surface area contributed by atoms with Gasteiger partial charge in [0.1, 0.15) is 36.0 Å². The predicted octanol–water partition coefficient (Wildman–Crippen LogP) is -1.06. The Labute approximate surface area is 259 Å². The molecule has 0 saturated heterocycles. The average Bonchev–Trinajstić information content (AvgIpc) is 2.99. The maximum atomic E-state index is 13.5. The Morgan fingerprint density at radius 1 is 0.841 bits per heavy atom. The molecule has 1 rings (SSSR count). The molecule has 15 nitrogen and oxygen atoms in total. The molecule has 0 bridgehead atoms. The molecule has 0 radical (unpaired) electrons. The van der Waals surface area contributed by atoms with Crippen LogP contribution in [0.15, 0.2) is 24.3 Å². The monoisotopic (exact) mass is 641 g/mol. The van der Waals surface area contributed by atoms with Crippen molar-refractivity contribution in [3.05, 3.63) is 29.8 Å². The van der Waals surface area contributed by atoms with Crippen LogP contribution < -0.4 is 27.0 Å². The summed E-state index contributed by atoms with van der Waals surface area (Å²) in [5, 5.41) is 47.2. The highest BCUT2D eigenvalue weighted by molar-refractivity contribution is 7.98. The van der Waals surface area contributed by atoms with Crippen molar-refractivity contribution in [1.82, 2.24) is 21.3 Å². The van der Waals surface area contributed by atoms with Crippen molar-refractivity contribution in [2.75, 3.05) is 18.6 Å². The number of phenols is 1. The number of aliphatic hydroxyl groups excluding tert-OH is 1. The molecular formula is C28H43N5O10S. The predicted molar refractivity (Wildman–Crippen MR) is 162 cm³/mol. The first-order chi connectivity index (χ1) is 20.7. The number of aliphatic hydroxyl groups is 1. The molecule has 246 valence electrons. The van der Waals surface area contributed by atoms with Gasteiger partial charge in [0, 0.05) is 12.8 Å². The number of carbonyl (C=O) groups is 6. The molecule has 16 heteroatoms. The second-order valence-corrected chi connectivity index (χ2v) is 11.3. The van der Waals surface area contributed by atoms with Crippen molar-refractivity contribution in [1.29, 1.82) is 0 Å². The second-order valence-electron chi connectivity index (χ2n) is 10.3. The molecule has 0 saturated carbocycles. The van der Waals surface area contributed by atoms with Gasteiger partial charge in [-0.05, 0) is 48.5 Å². The summed E-state index contributed by atoms with van der Waals surface area (Å²) in [6.07, 6.45) is 1.42. The van der Waals surface area contributed by atoms with Gasteiger partial charge in [-0.1, -0.05) is 32.4 Å². The minimum Gasteiger partial charge on any atom is -0.508 e. The normalized spacial score (nSPS) is 15.0. The third-order valence-corrected chi connectivity index (χ3v) is 7.48. The third-order valence-electron chi connectivity index (χ3n) is 6.84. The number of hydrogen-bond donors (Lipinski definition) is 9. The summed E-state index contributed by atoms with van der Waals surface area (Å²) >= 11 is 1.38. The van der Waals surface area contributed by atoms with E-state index in [-0.39, 0.29) is 25.0 Å². The summed E-state index contributed by atoms with van der Waals surface area (Å²) in [6, 6.07) is -0.513. The first-order valence-corrected chi connectivity index (χ1v) is 15.4. The van der Waals surface area contributed by atoms with Crippen LogP contribution in [0.2, 0.25) is 0 Å². The molecule has 1 aromatic rings. The standard InChI is InChI=1S/C28H43N5O10S/c1-4-15(2)23(27(41)30-19(11-12-44-3)25(39)31-20(28(42)43)9-10-22(36)37)33-26(40)21(32-24(38)18(29)14-34)13-16-5-7-17(35)8-6-16/h5-8,15,18-21,23,34-35H,4,9-14,29H2,1-3H3,(H,30,41)(H,31,39)(H,32,38)(H,33,40)(H,36,37)(H,42,43)/t15-,18-,19-,20-,21-,23-/m0/s1. The molecule has 0 spiro atoms. The fourth-order valence-corrected chi connectivity index (χ4v) is 4.43. The lowest BCUT2D eigenvalue weighted by Gasteiger charge is -2.29. The molecule has 10 N–H and O–H groups in total. The van der Waals surface area contributed by atoms with Crippen LogP contribution in [-0.2, 0) is 35.2 Å². The highest BCUT2D eigenvalue weighted by Crippen LogP contribution is 2.14. The number of phenolic OH excluding ortho intramolecular Hbond substituents is 1. The Bertz CT molecular complexity index is 1140. The van der Waals surface area contributed by atoms with Crippen LogP contribution in [-0.4, -0.2) is 105 Å². The summed E-state index contributed by atoms with van der Waals surface area (Å²) < 4.78 is 0. The minimum absolute atomic E-state index is 0.00813. The number of aromatic hydroxyl groups is 1. The molecule has 0 aliphatic heterocycles. The molecule has 0 aliphatic rings. The van der Waals surface area contributed by atoms with Crippen LogP contribution in [0.25, 0.3) is 0 Å². The summed E-state index contributed by atoms with van der Waals surface area (Å²) in [4.78, 5) is 75.0. The number of thioether (sulfide) groups is 1. The van der Waals surface area contributed by atoms with Crippen molar-refractivity contribution in [2.24, 2.45) is 11.7 Å². The van der Waals surface area contributed by atoms with E-state index >= 15 is 0 Å². The van der Waals surface area contributed by atoms with Gasteiger partial charge in [0.15, 0.2) is 0 Å². The zero-order valence-corrected chi connectivity index (χ0v) is 25.8. The van der Waals surface area contributed by atoms with Crippen molar-refractivity contribution in [3.8, 4) is 5.75 Å². The molecule has 0 aliphatic carbocycles. The van der Waals surface area contributed by atoms with Gasteiger partial charge in [-0.2, -0.15) is 11.8 Å². The molecule has 0 aromatic heterocycles. The molecular weight excluding hydrogens is 598 g/mol. The van der Waals surface area contributed by atoms with Crippen molar-refractivity contribution in [3.63, 3.8) is 0 Å². The topological polar surface area (TPSA) is 257 Å². The maximum Gasteiger partial charge on any atom is 0.326 e. The Balaban J connectivity index is 3.21. The van der Waals surface area contributed by atoms with Gasteiger partial charge in [0.05, 0.1) is 6.61 Å². The van der Waals surface area contributed by atoms with Gasteiger partial charge in [-0.3, -0.25) is 24.0 Å². The Hall–Kier alpha value is -3.89. The quantitative estimate of drug-likeness (QED) is 0.0826. The maximum absolute atomic E-state index is 13.5. The molecule has 4 amide bonds. The Morgan fingerprint density at radius 3 is 1.93 bits per heavy atom. The van der Waals surface area contributed by atoms with Gasteiger partial charge >= 0.3 is 11.9 Å². The van der Waals surface area contributed by atoms with E-state index in [1.54, 1.807) is 32.2 Å². The summed E-state index contributed by atoms with van der Waals surface area (Å²) in [5.74, 6) is -5.81. The first kappa shape index (κ1) is 38.1. The van der Waals surface area contributed by atoms with E-state index < -0.39 is 84.7 Å². The van der Waals surface area contributed by atoms with Crippen LogP contribution in [0, 0.1) is 5.92 Å². The summed E-state index contributed by atoms with van der Waals surface area (Å²) in [5.41, 5.74) is 6.18. The fraction of sp³-hybridized carbons (Fsp3) is 0.571. The fourth-order valence-electron chi connectivity index (χ4n) is 3.96. The van der Waals surface area contributed by atoms with Crippen LogP contribution in [0.5, 0.6) is 5.75 Å². The van der Waals surface area contributed by atoms with Gasteiger partial charge in [-0.15, -0.1) is 0 Å². The number of rotatable bonds is 20. The molecule has 0 heterocycles. The molecule has 0 unspecified atom stereocenters. The SMILES string of the molecule is CC[C@H](C)[C@H](NC(=O)[C@H](Cc1ccc(O)cc1)NC(=O)[C@@H](N)CO)C(=O)N[C@@H](CCSC)C(=O)N[C@@H](CCC(=O)O)C(=O)O.